The third-order valence-electron chi connectivity index (χ3n) is 5.16. The fraction of sp³-hybridized carbons (Fsp3) is 0.571. The highest BCUT2D eigenvalue weighted by molar-refractivity contribution is 14.0. The van der Waals surface area contributed by atoms with Crippen LogP contribution in [-0.2, 0) is 19.5 Å². The van der Waals surface area contributed by atoms with E-state index >= 15 is 0 Å². The molecule has 1 fully saturated rings. The molecule has 0 amide bonds. The molecule has 1 aliphatic carbocycles. The molecule has 0 unspecified atom stereocenters. The minimum Gasteiger partial charge on any atom is -0.493 e. The molecule has 0 spiro atoms. The van der Waals surface area contributed by atoms with Gasteiger partial charge in [0.2, 0.25) is 0 Å². The van der Waals surface area contributed by atoms with Crippen molar-refractivity contribution in [1.82, 2.24) is 25.4 Å². The number of aromatic nitrogens is 3. The predicted octanol–water partition coefficient (Wildman–Crippen LogP) is 3.15. The van der Waals surface area contributed by atoms with Crippen molar-refractivity contribution in [2.24, 2.45) is 4.99 Å². The second-order valence-electron chi connectivity index (χ2n) is 7.16. The monoisotopic (exact) mass is 528 g/mol. The van der Waals surface area contributed by atoms with E-state index in [-0.39, 0.29) is 24.0 Å². The van der Waals surface area contributed by atoms with Gasteiger partial charge in [-0.3, -0.25) is 4.99 Å². The first-order chi connectivity index (χ1) is 14.2. The van der Waals surface area contributed by atoms with Crippen LogP contribution in [0.1, 0.15) is 44.0 Å². The SMILES string of the molecule is CCc1nncn1CCNC(=NC)NCc1ccc(OC)c(OC2CCCC2)c1.I. The second kappa shape index (κ2) is 12.6. The molecule has 1 aliphatic rings. The normalized spacial score (nSPS) is 14.3. The summed E-state index contributed by atoms with van der Waals surface area (Å²) in [5.41, 5.74) is 1.12. The zero-order chi connectivity index (χ0) is 20.5. The van der Waals surface area contributed by atoms with Gasteiger partial charge in [-0.2, -0.15) is 0 Å². The van der Waals surface area contributed by atoms with E-state index in [0.29, 0.717) is 12.6 Å². The van der Waals surface area contributed by atoms with E-state index in [2.05, 4.69) is 43.4 Å². The maximum absolute atomic E-state index is 6.19. The quantitative estimate of drug-likeness (QED) is 0.296. The Hall–Kier alpha value is -2.04. The van der Waals surface area contributed by atoms with Crippen LogP contribution in [0.25, 0.3) is 0 Å². The number of aryl methyl sites for hydroxylation is 1. The number of methoxy groups -OCH3 is 1. The number of aliphatic imine (C=N–C) groups is 1. The number of nitrogens with zero attached hydrogens (tertiary/aromatic N) is 4. The summed E-state index contributed by atoms with van der Waals surface area (Å²) in [5, 5.41) is 14.8. The average molecular weight is 528 g/mol. The van der Waals surface area contributed by atoms with E-state index in [1.807, 2.05) is 12.1 Å². The van der Waals surface area contributed by atoms with E-state index in [4.69, 9.17) is 9.47 Å². The van der Waals surface area contributed by atoms with Crippen LogP contribution in [0.4, 0.5) is 0 Å². The van der Waals surface area contributed by atoms with Crippen LogP contribution in [0.2, 0.25) is 0 Å². The van der Waals surface area contributed by atoms with Gasteiger partial charge in [-0.25, -0.2) is 0 Å². The molecule has 1 aromatic heterocycles. The Kier molecular flexibility index (Phi) is 10.2. The predicted molar refractivity (Wildman–Crippen MR) is 129 cm³/mol. The van der Waals surface area contributed by atoms with Gasteiger partial charge in [0.25, 0.3) is 0 Å². The summed E-state index contributed by atoms with van der Waals surface area (Å²) in [6.45, 7) is 4.26. The number of guanidine groups is 1. The van der Waals surface area contributed by atoms with Crippen molar-refractivity contribution in [3.05, 3.63) is 35.9 Å². The molecule has 1 aromatic carbocycles. The summed E-state index contributed by atoms with van der Waals surface area (Å²) in [7, 11) is 3.45. The van der Waals surface area contributed by atoms with Crippen molar-refractivity contribution in [1.29, 1.82) is 0 Å². The van der Waals surface area contributed by atoms with Crippen LogP contribution in [0.15, 0.2) is 29.5 Å². The number of halogens is 1. The highest BCUT2D eigenvalue weighted by Crippen LogP contribution is 2.32. The molecule has 1 saturated carbocycles. The molecular formula is C21H33IN6O2. The van der Waals surface area contributed by atoms with Gasteiger partial charge in [0.1, 0.15) is 12.2 Å². The molecule has 0 radical (unpaired) electrons. The first-order valence-corrected chi connectivity index (χ1v) is 10.4. The Morgan fingerprint density at radius 3 is 2.73 bits per heavy atom. The van der Waals surface area contributed by atoms with Gasteiger partial charge in [0.05, 0.1) is 13.2 Å². The van der Waals surface area contributed by atoms with Gasteiger partial charge in [-0.1, -0.05) is 13.0 Å². The lowest BCUT2D eigenvalue weighted by atomic mass is 10.2. The lowest BCUT2D eigenvalue weighted by Crippen LogP contribution is -2.38. The number of benzene rings is 1. The van der Waals surface area contributed by atoms with Crippen LogP contribution in [0, 0.1) is 0 Å². The molecule has 0 saturated heterocycles. The van der Waals surface area contributed by atoms with Crippen molar-refractivity contribution >= 4 is 29.9 Å². The highest BCUT2D eigenvalue weighted by Gasteiger charge is 2.18. The van der Waals surface area contributed by atoms with Gasteiger partial charge in [0.15, 0.2) is 17.5 Å². The number of ether oxygens (including phenoxy) is 2. The number of rotatable bonds is 9. The Morgan fingerprint density at radius 1 is 1.23 bits per heavy atom. The minimum absolute atomic E-state index is 0. The van der Waals surface area contributed by atoms with Crippen molar-refractivity contribution in [2.45, 2.75) is 58.2 Å². The van der Waals surface area contributed by atoms with Gasteiger partial charge in [0, 0.05) is 33.1 Å². The first-order valence-electron chi connectivity index (χ1n) is 10.4. The zero-order valence-corrected chi connectivity index (χ0v) is 20.4. The molecule has 3 rings (SSSR count). The van der Waals surface area contributed by atoms with Gasteiger partial charge < -0.3 is 24.7 Å². The van der Waals surface area contributed by atoms with Crippen LogP contribution in [0.3, 0.4) is 0 Å². The van der Waals surface area contributed by atoms with E-state index in [1.165, 1.54) is 12.8 Å². The second-order valence-corrected chi connectivity index (χ2v) is 7.16. The molecule has 166 valence electrons. The fourth-order valence-corrected chi connectivity index (χ4v) is 3.55. The van der Waals surface area contributed by atoms with Crippen LogP contribution >= 0.6 is 24.0 Å². The van der Waals surface area contributed by atoms with Crippen LogP contribution in [-0.4, -0.2) is 47.5 Å². The summed E-state index contributed by atoms with van der Waals surface area (Å²) in [4.78, 5) is 4.30. The largest absolute Gasteiger partial charge is 0.493 e. The Morgan fingerprint density at radius 2 is 2.03 bits per heavy atom. The molecule has 2 N–H and O–H groups in total. The topological polar surface area (TPSA) is 85.6 Å². The maximum atomic E-state index is 6.19. The zero-order valence-electron chi connectivity index (χ0n) is 18.1. The van der Waals surface area contributed by atoms with E-state index < -0.39 is 0 Å². The van der Waals surface area contributed by atoms with Gasteiger partial charge in [-0.05, 0) is 43.4 Å². The molecule has 1 heterocycles. The molecule has 9 heteroatoms. The molecule has 0 aliphatic heterocycles. The van der Waals surface area contributed by atoms with Crippen molar-refractivity contribution in [3.63, 3.8) is 0 Å². The highest BCUT2D eigenvalue weighted by atomic mass is 127. The maximum Gasteiger partial charge on any atom is 0.191 e. The van der Waals surface area contributed by atoms with Gasteiger partial charge >= 0.3 is 0 Å². The Labute approximate surface area is 195 Å². The Bertz CT molecular complexity index is 805. The van der Waals surface area contributed by atoms with Crippen molar-refractivity contribution < 1.29 is 9.47 Å². The molecule has 2 aromatic rings. The number of hydrogen-bond donors (Lipinski definition) is 2. The Balaban J connectivity index is 0.00000320. The standard InChI is InChI=1S/C21H32N6O2.HI/c1-4-20-26-25-15-27(20)12-11-23-21(22-2)24-14-16-9-10-18(28-3)19(13-16)29-17-7-5-6-8-17;/h9-10,13,15,17H,4-8,11-12,14H2,1-3H3,(H2,22,23,24);1H. The molecular weight excluding hydrogens is 495 g/mol. The smallest absolute Gasteiger partial charge is 0.191 e. The summed E-state index contributed by atoms with van der Waals surface area (Å²) < 4.78 is 13.7. The number of nitrogens with one attached hydrogen (secondary N) is 2. The summed E-state index contributed by atoms with van der Waals surface area (Å²) in [5.74, 6) is 3.35. The minimum atomic E-state index is 0. The lowest BCUT2D eigenvalue weighted by Gasteiger charge is -2.17. The third-order valence-corrected chi connectivity index (χ3v) is 5.16. The summed E-state index contributed by atoms with van der Waals surface area (Å²) >= 11 is 0. The first kappa shape index (κ1) is 24.2. The van der Waals surface area contributed by atoms with E-state index in [1.54, 1.807) is 20.5 Å². The van der Waals surface area contributed by atoms with Crippen molar-refractivity contribution in [3.8, 4) is 11.5 Å². The van der Waals surface area contributed by atoms with Crippen LogP contribution in [0.5, 0.6) is 11.5 Å². The lowest BCUT2D eigenvalue weighted by molar-refractivity contribution is 0.200. The van der Waals surface area contributed by atoms with Gasteiger partial charge in [-0.15, -0.1) is 34.2 Å². The molecule has 0 bridgehead atoms. The van der Waals surface area contributed by atoms with E-state index in [0.717, 1.165) is 61.2 Å². The average Bonchev–Trinajstić information content (AvgIpc) is 3.42. The summed E-state index contributed by atoms with van der Waals surface area (Å²) in [6.07, 6.45) is 7.65. The molecule has 30 heavy (non-hydrogen) atoms. The number of hydrogen-bond acceptors (Lipinski definition) is 5. The third kappa shape index (κ3) is 6.75. The molecule has 8 nitrogen and oxygen atoms in total. The molecule has 0 atom stereocenters. The van der Waals surface area contributed by atoms with Crippen LogP contribution < -0.4 is 20.1 Å². The fourth-order valence-electron chi connectivity index (χ4n) is 3.55. The van der Waals surface area contributed by atoms with E-state index in [9.17, 15) is 0 Å². The summed E-state index contributed by atoms with van der Waals surface area (Å²) in [6, 6.07) is 6.07. The van der Waals surface area contributed by atoms with Crippen molar-refractivity contribution in [2.75, 3.05) is 20.7 Å².